The Morgan fingerprint density at radius 1 is 1.08 bits per heavy atom. The van der Waals surface area contributed by atoms with Gasteiger partial charge in [0.25, 0.3) is 0 Å². The van der Waals surface area contributed by atoms with Gasteiger partial charge >= 0.3 is 11.9 Å². The third-order valence-corrected chi connectivity index (χ3v) is 10.1. The van der Waals surface area contributed by atoms with Gasteiger partial charge in [0.15, 0.2) is 23.0 Å². The van der Waals surface area contributed by atoms with E-state index in [1.807, 2.05) is 57.3 Å². The summed E-state index contributed by atoms with van der Waals surface area (Å²) in [5.74, 6) is 0.735. The summed E-state index contributed by atoms with van der Waals surface area (Å²) in [6.07, 6.45) is 3.93. The molecule has 11 nitrogen and oxygen atoms in total. The highest BCUT2D eigenvalue weighted by atomic mass is 16.7. The zero-order valence-corrected chi connectivity index (χ0v) is 27.5. The summed E-state index contributed by atoms with van der Waals surface area (Å²) in [4.78, 5) is 29.9. The summed E-state index contributed by atoms with van der Waals surface area (Å²) in [6, 6.07) is 11.7. The second kappa shape index (κ2) is 12.2. The minimum atomic E-state index is -0.669. The Morgan fingerprint density at radius 3 is 2.54 bits per heavy atom. The molecule has 248 valence electrons. The van der Waals surface area contributed by atoms with E-state index in [9.17, 15) is 20.0 Å². The van der Waals surface area contributed by atoms with Crippen molar-refractivity contribution in [1.29, 1.82) is 5.26 Å². The molecular formula is C37H37N3O8. The first-order valence-corrected chi connectivity index (χ1v) is 16.0. The van der Waals surface area contributed by atoms with Gasteiger partial charge in [-0.05, 0) is 56.5 Å². The SMILES string of the molecule is COc1c(C)cc2c(c1O)[C@@H]1C3Cc4c(OC(C)=O)c(C)c5c(c4[C@H](COC(=O)/C=C/c4ccccc4)N3[C@@H](C#N)[C@H](C2)N1C)OCO5. The van der Waals surface area contributed by atoms with Crippen LogP contribution in [0.15, 0.2) is 42.5 Å². The fourth-order valence-electron chi connectivity index (χ4n) is 8.21. The number of fused-ring (bicyclic) bond motifs is 9. The Kier molecular flexibility index (Phi) is 8.01. The highest BCUT2D eigenvalue weighted by Crippen LogP contribution is 2.58. The zero-order valence-electron chi connectivity index (χ0n) is 27.5. The molecule has 0 aromatic heterocycles. The number of esters is 2. The van der Waals surface area contributed by atoms with Crippen LogP contribution < -0.4 is 18.9 Å². The third-order valence-electron chi connectivity index (χ3n) is 10.1. The molecule has 0 spiro atoms. The van der Waals surface area contributed by atoms with Gasteiger partial charge in [-0.25, -0.2) is 4.79 Å². The summed E-state index contributed by atoms with van der Waals surface area (Å²) >= 11 is 0. The summed E-state index contributed by atoms with van der Waals surface area (Å²) in [5, 5.41) is 22.5. The van der Waals surface area contributed by atoms with Gasteiger partial charge in [0.1, 0.15) is 18.4 Å². The number of nitriles is 1. The lowest BCUT2D eigenvalue weighted by molar-refractivity contribution is -0.143. The summed E-state index contributed by atoms with van der Waals surface area (Å²) in [7, 11) is 3.51. The lowest BCUT2D eigenvalue weighted by atomic mass is 9.71. The normalized spacial score (nSPS) is 23.9. The number of aryl methyl sites for hydroxylation is 1. The van der Waals surface area contributed by atoms with Gasteiger partial charge in [0.2, 0.25) is 6.79 Å². The average Bonchev–Trinajstić information content (AvgIpc) is 3.56. The number of likely N-dealkylation sites (N-methyl/N-ethyl adjacent to an activating group) is 1. The maximum absolute atomic E-state index is 13.2. The van der Waals surface area contributed by atoms with E-state index >= 15 is 0 Å². The van der Waals surface area contributed by atoms with Crippen molar-refractivity contribution in [3.05, 3.63) is 81.4 Å². The van der Waals surface area contributed by atoms with E-state index in [1.54, 1.807) is 6.08 Å². The van der Waals surface area contributed by atoms with Crippen LogP contribution in [-0.4, -0.2) is 72.5 Å². The van der Waals surface area contributed by atoms with E-state index in [0.717, 1.165) is 22.3 Å². The highest BCUT2D eigenvalue weighted by Gasteiger charge is 2.57. The molecule has 0 radical (unpaired) electrons. The number of hydrogen-bond acceptors (Lipinski definition) is 11. The number of piperazine rings is 1. The first-order chi connectivity index (χ1) is 23.1. The molecule has 48 heavy (non-hydrogen) atoms. The van der Waals surface area contributed by atoms with Crippen LogP contribution in [-0.2, 0) is 27.2 Å². The predicted molar refractivity (Wildman–Crippen MR) is 174 cm³/mol. The number of benzene rings is 3. The van der Waals surface area contributed by atoms with Crippen LogP contribution in [0.5, 0.6) is 28.7 Å². The van der Waals surface area contributed by atoms with Crippen molar-refractivity contribution in [2.24, 2.45) is 0 Å². The maximum atomic E-state index is 13.2. The van der Waals surface area contributed by atoms with Crippen LogP contribution in [0.1, 0.15) is 58.0 Å². The van der Waals surface area contributed by atoms with E-state index in [2.05, 4.69) is 15.9 Å². The minimum absolute atomic E-state index is 0.0298. The van der Waals surface area contributed by atoms with Crippen LogP contribution in [0.2, 0.25) is 0 Å². The van der Waals surface area contributed by atoms with Crippen molar-refractivity contribution < 1.29 is 38.4 Å². The van der Waals surface area contributed by atoms with Crippen molar-refractivity contribution in [3.63, 3.8) is 0 Å². The number of carbonyl (C=O) groups excluding carboxylic acids is 2. The van der Waals surface area contributed by atoms with Gasteiger partial charge < -0.3 is 28.8 Å². The van der Waals surface area contributed by atoms with Gasteiger partial charge in [0.05, 0.1) is 25.3 Å². The Bertz CT molecular complexity index is 1880. The smallest absolute Gasteiger partial charge is 0.330 e. The number of phenolic OH excluding ortho intramolecular Hbond substituents is 1. The van der Waals surface area contributed by atoms with E-state index in [-0.39, 0.29) is 31.2 Å². The van der Waals surface area contributed by atoms with Gasteiger partial charge in [0, 0.05) is 47.3 Å². The van der Waals surface area contributed by atoms with Crippen LogP contribution >= 0.6 is 0 Å². The topological polar surface area (TPSA) is 131 Å². The third kappa shape index (κ3) is 4.95. The van der Waals surface area contributed by atoms with Gasteiger partial charge in [-0.2, -0.15) is 5.26 Å². The second-order valence-electron chi connectivity index (χ2n) is 12.7. The Morgan fingerprint density at radius 2 is 1.83 bits per heavy atom. The monoisotopic (exact) mass is 651 g/mol. The lowest BCUT2D eigenvalue weighted by Crippen LogP contribution is -2.68. The summed E-state index contributed by atoms with van der Waals surface area (Å²) < 4.78 is 29.4. The van der Waals surface area contributed by atoms with Gasteiger partial charge in [-0.1, -0.05) is 36.4 Å². The molecule has 0 amide bonds. The maximum Gasteiger partial charge on any atom is 0.330 e. The van der Waals surface area contributed by atoms with Crippen LogP contribution in [0.3, 0.4) is 0 Å². The Hall–Kier alpha value is -5.05. The Balaban J connectivity index is 1.39. The van der Waals surface area contributed by atoms with Crippen molar-refractivity contribution in [2.45, 2.75) is 63.8 Å². The molecule has 2 bridgehead atoms. The largest absolute Gasteiger partial charge is 0.504 e. The standard InChI is InChI=1S/C37H37N3O8/c1-19-13-23-14-25-27(16-38)40-26(32(39(25)4)30(23)33(43)34(19)44-5)15-24-31(37-36(46-18-47-37)20(2)35(24)48-21(3)41)28(40)17-45-29(42)12-11-22-9-7-6-8-10-22/h6-13,25-28,32,43H,14-15,17-18H2,1-5H3/b12-11+/t25-,26?,27-,28-,32-/m0/s1. The van der Waals surface area contributed by atoms with E-state index in [4.69, 9.17) is 23.7 Å². The number of nitrogens with zero attached hydrogens (tertiary/aromatic N) is 3. The molecule has 7 rings (SSSR count). The lowest BCUT2D eigenvalue weighted by Gasteiger charge is -2.59. The molecule has 3 aromatic carbocycles. The van der Waals surface area contributed by atoms with Crippen LogP contribution in [0.4, 0.5) is 0 Å². The molecule has 1 saturated heterocycles. The first kappa shape index (κ1) is 31.5. The molecule has 0 saturated carbocycles. The molecule has 5 atom stereocenters. The fourth-order valence-corrected chi connectivity index (χ4v) is 8.21. The first-order valence-electron chi connectivity index (χ1n) is 16.0. The predicted octanol–water partition coefficient (Wildman–Crippen LogP) is 4.70. The van der Waals surface area contributed by atoms with E-state index in [1.165, 1.54) is 20.1 Å². The van der Waals surface area contributed by atoms with Crippen molar-refractivity contribution in [3.8, 4) is 34.8 Å². The zero-order chi connectivity index (χ0) is 33.9. The molecule has 1 N–H and O–H groups in total. The Labute approximate surface area is 278 Å². The molecular weight excluding hydrogens is 614 g/mol. The molecule has 11 heteroatoms. The number of hydrogen-bond donors (Lipinski definition) is 1. The molecule has 3 aromatic rings. The molecule has 4 heterocycles. The molecule has 1 unspecified atom stereocenters. The fraction of sp³-hybridized carbons (Fsp3) is 0.378. The van der Waals surface area contributed by atoms with Crippen molar-refractivity contribution >= 4 is 18.0 Å². The summed E-state index contributed by atoms with van der Waals surface area (Å²) in [6.45, 7) is 4.91. The molecule has 0 aliphatic carbocycles. The number of rotatable bonds is 6. The van der Waals surface area contributed by atoms with Crippen molar-refractivity contribution in [2.75, 3.05) is 27.6 Å². The number of carbonyl (C=O) groups is 2. The van der Waals surface area contributed by atoms with Gasteiger partial charge in [-0.3, -0.25) is 14.6 Å². The number of phenols is 1. The molecule has 4 aliphatic rings. The van der Waals surface area contributed by atoms with E-state index < -0.39 is 30.1 Å². The quantitative estimate of drug-likeness (QED) is 0.226. The van der Waals surface area contributed by atoms with Crippen LogP contribution in [0, 0.1) is 25.2 Å². The average molecular weight is 652 g/mol. The van der Waals surface area contributed by atoms with Crippen molar-refractivity contribution in [1.82, 2.24) is 9.80 Å². The molecule has 1 fully saturated rings. The second-order valence-corrected chi connectivity index (χ2v) is 12.7. The highest BCUT2D eigenvalue weighted by molar-refractivity contribution is 5.87. The van der Waals surface area contributed by atoms with Crippen LogP contribution in [0.25, 0.3) is 6.08 Å². The number of methoxy groups -OCH3 is 1. The minimum Gasteiger partial charge on any atom is -0.504 e. The molecule has 4 aliphatic heterocycles. The summed E-state index contributed by atoms with van der Waals surface area (Å²) in [5.41, 5.74) is 5.35. The number of aromatic hydroxyl groups is 1. The number of ether oxygens (including phenoxy) is 5. The van der Waals surface area contributed by atoms with E-state index in [0.29, 0.717) is 52.5 Å². The van der Waals surface area contributed by atoms with Gasteiger partial charge in [-0.15, -0.1) is 0 Å².